The second kappa shape index (κ2) is 9.18. The zero-order chi connectivity index (χ0) is 16.1. The van der Waals surface area contributed by atoms with E-state index in [-0.39, 0.29) is 23.9 Å². The van der Waals surface area contributed by atoms with Crippen LogP contribution in [0.5, 0.6) is 0 Å². The van der Waals surface area contributed by atoms with Crippen molar-refractivity contribution in [3.63, 3.8) is 0 Å². The highest BCUT2D eigenvalue weighted by atomic mass is 79.9. The molecule has 2 aliphatic rings. The Hall–Kier alpha value is -0.620. The first-order valence-electron chi connectivity index (χ1n) is 8.57. The first-order chi connectivity index (χ1) is 11.2. The quantitative estimate of drug-likeness (QED) is 0.813. The molecule has 1 aliphatic carbocycles. The standard InChI is InChI=1S/C18H25BrN2O2.ClH/c19-16-7-3-2-6-15(16)17(22)20-14-18(8-4-1-5-9-18)21-10-12-23-13-11-21;/h2-3,6-7H,1,4-5,8-14H2,(H,20,22);1H. The summed E-state index contributed by atoms with van der Waals surface area (Å²) in [6, 6.07) is 7.60. The number of ether oxygens (including phenoxy) is 1. The number of hydrogen-bond donors (Lipinski definition) is 1. The number of morpholine rings is 1. The Bertz CT molecular complexity index is 544. The molecule has 0 aromatic heterocycles. The summed E-state index contributed by atoms with van der Waals surface area (Å²) >= 11 is 3.47. The van der Waals surface area contributed by atoms with E-state index in [2.05, 4.69) is 26.1 Å². The Balaban J connectivity index is 0.00000208. The van der Waals surface area contributed by atoms with Crippen molar-refractivity contribution in [3.8, 4) is 0 Å². The minimum atomic E-state index is 0. The predicted molar refractivity (Wildman–Crippen MR) is 102 cm³/mol. The summed E-state index contributed by atoms with van der Waals surface area (Å²) < 4.78 is 6.36. The maximum Gasteiger partial charge on any atom is 0.252 e. The molecule has 1 saturated heterocycles. The van der Waals surface area contributed by atoms with E-state index in [1.807, 2.05) is 24.3 Å². The van der Waals surface area contributed by atoms with Crippen LogP contribution >= 0.6 is 28.3 Å². The van der Waals surface area contributed by atoms with Crippen LogP contribution in [0, 0.1) is 0 Å². The molecule has 24 heavy (non-hydrogen) atoms. The zero-order valence-electron chi connectivity index (χ0n) is 13.9. The molecule has 0 unspecified atom stereocenters. The third kappa shape index (κ3) is 4.51. The molecule has 4 nitrogen and oxygen atoms in total. The minimum absolute atomic E-state index is 0. The number of carbonyl (C=O) groups is 1. The van der Waals surface area contributed by atoms with Gasteiger partial charge in [0.1, 0.15) is 0 Å². The highest BCUT2D eigenvalue weighted by Crippen LogP contribution is 2.34. The van der Waals surface area contributed by atoms with E-state index >= 15 is 0 Å². The van der Waals surface area contributed by atoms with E-state index in [4.69, 9.17) is 4.74 Å². The average Bonchev–Trinajstić information content (AvgIpc) is 2.62. The number of amides is 1. The van der Waals surface area contributed by atoms with E-state index < -0.39 is 0 Å². The van der Waals surface area contributed by atoms with Gasteiger partial charge in [0.25, 0.3) is 5.91 Å². The Labute approximate surface area is 158 Å². The molecule has 1 N–H and O–H groups in total. The molecule has 1 heterocycles. The number of nitrogens with zero attached hydrogens (tertiary/aromatic N) is 1. The zero-order valence-corrected chi connectivity index (χ0v) is 16.3. The predicted octanol–water partition coefficient (Wildman–Crippen LogP) is 3.64. The molecular weight excluding hydrogens is 392 g/mol. The monoisotopic (exact) mass is 416 g/mol. The summed E-state index contributed by atoms with van der Waals surface area (Å²) in [5.41, 5.74) is 0.819. The van der Waals surface area contributed by atoms with Crippen molar-refractivity contribution in [2.75, 3.05) is 32.8 Å². The third-order valence-electron chi connectivity index (χ3n) is 5.16. The van der Waals surface area contributed by atoms with Gasteiger partial charge in [-0.2, -0.15) is 0 Å². The summed E-state index contributed by atoms with van der Waals surface area (Å²) in [6.07, 6.45) is 6.15. The van der Waals surface area contributed by atoms with Gasteiger partial charge in [0.2, 0.25) is 0 Å². The Kier molecular flexibility index (Phi) is 7.54. The first kappa shape index (κ1) is 19.7. The van der Waals surface area contributed by atoms with Gasteiger partial charge in [0.15, 0.2) is 0 Å². The largest absolute Gasteiger partial charge is 0.379 e. The van der Waals surface area contributed by atoms with E-state index in [9.17, 15) is 4.79 Å². The van der Waals surface area contributed by atoms with Crippen molar-refractivity contribution < 1.29 is 9.53 Å². The van der Waals surface area contributed by atoms with Crippen molar-refractivity contribution in [3.05, 3.63) is 34.3 Å². The highest BCUT2D eigenvalue weighted by molar-refractivity contribution is 9.10. The van der Waals surface area contributed by atoms with Crippen LogP contribution in [0.4, 0.5) is 0 Å². The van der Waals surface area contributed by atoms with Gasteiger partial charge in [0, 0.05) is 29.6 Å². The van der Waals surface area contributed by atoms with Crippen molar-refractivity contribution in [2.24, 2.45) is 0 Å². The lowest BCUT2D eigenvalue weighted by atomic mass is 9.79. The SMILES string of the molecule is Cl.O=C(NCC1(N2CCOCC2)CCCCC1)c1ccccc1Br. The number of carbonyl (C=O) groups excluding carboxylic acids is 1. The number of rotatable bonds is 4. The maximum atomic E-state index is 12.5. The van der Waals surface area contributed by atoms with Gasteiger partial charge in [-0.1, -0.05) is 31.4 Å². The lowest BCUT2D eigenvalue weighted by Crippen LogP contribution is -2.59. The molecule has 0 radical (unpaired) electrons. The molecule has 1 saturated carbocycles. The minimum Gasteiger partial charge on any atom is -0.379 e. The maximum absolute atomic E-state index is 12.5. The average molecular weight is 418 g/mol. The Morgan fingerprint density at radius 1 is 1.17 bits per heavy atom. The van der Waals surface area contributed by atoms with Gasteiger partial charge in [-0.05, 0) is 40.9 Å². The van der Waals surface area contributed by atoms with E-state index in [0.29, 0.717) is 5.56 Å². The summed E-state index contributed by atoms with van der Waals surface area (Å²) in [6.45, 7) is 4.29. The van der Waals surface area contributed by atoms with Gasteiger partial charge in [-0.25, -0.2) is 0 Å². The van der Waals surface area contributed by atoms with Crippen LogP contribution in [0.15, 0.2) is 28.7 Å². The van der Waals surface area contributed by atoms with Gasteiger partial charge in [-0.3, -0.25) is 9.69 Å². The van der Waals surface area contributed by atoms with Gasteiger partial charge in [-0.15, -0.1) is 12.4 Å². The van der Waals surface area contributed by atoms with Gasteiger partial charge >= 0.3 is 0 Å². The van der Waals surface area contributed by atoms with Crippen LogP contribution in [0.1, 0.15) is 42.5 Å². The number of hydrogen-bond acceptors (Lipinski definition) is 3. The van der Waals surface area contributed by atoms with Crippen molar-refractivity contribution in [1.29, 1.82) is 0 Å². The molecule has 134 valence electrons. The molecule has 1 amide bonds. The van der Waals surface area contributed by atoms with Crippen LogP contribution in [0.3, 0.4) is 0 Å². The molecule has 1 aliphatic heterocycles. The summed E-state index contributed by atoms with van der Waals surface area (Å²) in [7, 11) is 0. The van der Waals surface area contributed by atoms with Crippen molar-refractivity contribution in [1.82, 2.24) is 10.2 Å². The van der Waals surface area contributed by atoms with Crippen molar-refractivity contribution >= 4 is 34.2 Å². The fourth-order valence-corrected chi connectivity index (χ4v) is 4.30. The molecule has 0 atom stereocenters. The number of nitrogens with one attached hydrogen (secondary N) is 1. The van der Waals surface area contributed by atoms with Gasteiger partial charge < -0.3 is 10.1 Å². The molecule has 2 fully saturated rings. The second-order valence-corrected chi connectivity index (χ2v) is 7.40. The Morgan fingerprint density at radius 3 is 2.50 bits per heavy atom. The topological polar surface area (TPSA) is 41.6 Å². The summed E-state index contributed by atoms with van der Waals surface area (Å²) in [5.74, 6) is 0.00989. The molecule has 0 spiro atoms. The lowest BCUT2D eigenvalue weighted by Gasteiger charge is -2.48. The van der Waals surface area contributed by atoms with Gasteiger partial charge in [0.05, 0.1) is 18.8 Å². The van der Waals surface area contributed by atoms with Crippen LogP contribution in [-0.4, -0.2) is 49.2 Å². The molecule has 6 heteroatoms. The normalized spacial score (nSPS) is 20.9. The molecule has 0 bridgehead atoms. The molecule has 1 aromatic rings. The molecular formula is C18H26BrClN2O2. The smallest absolute Gasteiger partial charge is 0.252 e. The highest BCUT2D eigenvalue weighted by Gasteiger charge is 2.38. The summed E-state index contributed by atoms with van der Waals surface area (Å²) in [4.78, 5) is 15.1. The van der Waals surface area contributed by atoms with Crippen LogP contribution in [-0.2, 0) is 4.74 Å². The van der Waals surface area contributed by atoms with E-state index in [0.717, 1.165) is 37.3 Å². The number of benzene rings is 1. The second-order valence-electron chi connectivity index (χ2n) is 6.55. The molecule has 1 aromatic carbocycles. The number of halogens is 2. The third-order valence-corrected chi connectivity index (χ3v) is 5.85. The van der Waals surface area contributed by atoms with Crippen LogP contribution in [0.2, 0.25) is 0 Å². The molecule has 3 rings (SSSR count). The van der Waals surface area contributed by atoms with Crippen LogP contribution < -0.4 is 5.32 Å². The first-order valence-corrected chi connectivity index (χ1v) is 9.36. The van der Waals surface area contributed by atoms with E-state index in [1.54, 1.807) is 0 Å². The Morgan fingerprint density at radius 2 is 1.83 bits per heavy atom. The van der Waals surface area contributed by atoms with Crippen molar-refractivity contribution in [2.45, 2.75) is 37.6 Å². The fraction of sp³-hybridized carbons (Fsp3) is 0.611. The lowest BCUT2D eigenvalue weighted by molar-refractivity contribution is -0.0361. The summed E-state index contributed by atoms with van der Waals surface area (Å²) in [5, 5.41) is 3.20. The van der Waals surface area contributed by atoms with Crippen LogP contribution in [0.25, 0.3) is 0 Å². The fourth-order valence-electron chi connectivity index (χ4n) is 3.84. The van der Waals surface area contributed by atoms with E-state index in [1.165, 1.54) is 32.1 Å².